The van der Waals surface area contributed by atoms with Gasteiger partial charge in [0, 0.05) is 22.2 Å². The predicted octanol–water partition coefficient (Wildman–Crippen LogP) is 1.83. The standard InChI is InChI=1S/C9H4ClNO4S/c10-7-5-2-1-4(11(14)15)3-6(5)16-8(7)9(12)13/h1-3H,(H,12,13)/p-1. The minimum absolute atomic E-state index is 0.0647. The lowest BCUT2D eigenvalue weighted by Gasteiger charge is -1.96. The van der Waals surface area contributed by atoms with Crippen molar-refractivity contribution in [3.05, 3.63) is 38.2 Å². The predicted molar refractivity (Wildman–Crippen MR) is 57.8 cm³/mol. The molecule has 1 aromatic carbocycles. The van der Waals surface area contributed by atoms with E-state index in [1.54, 1.807) is 0 Å². The summed E-state index contributed by atoms with van der Waals surface area (Å²) in [5.41, 5.74) is -0.102. The SMILES string of the molecule is O=C([O-])c1sc2cc([N+](=O)[O-])ccc2c1Cl. The first-order valence-electron chi connectivity index (χ1n) is 4.08. The number of nitrogens with zero attached hydrogens (tertiary/aromatic N) is 1. The normalized spacial score (nSPS) is 10.6. The van der Waals surface area contributed by atoms with Gasteiger partial charge in [0.1, 0.15) is 0 Å². The Hall–Kier alpha value is -1.66. The summed E-state index contributed by atoms with van der Waals surface area (Å²) in [6.45, 7) is 0. The van der Waals surface area contributed by atoms with Crippen LogP contribution in [0.5, 0.6) is 0 Å². The Labute approximate surface area is 98.0 Å². The number of carboxylic acids is 1. The van der Waals surface area contributed by atoms with Gasteiger partial charge in [-0.3, -0.25) is 10.1 Å². The number of rotatable bonds is 2. The third-order valence-electron chi connectivity index (χ3n) is 2.01. The number of hydrogen-bond donors (Lipinski definition) is 0. The number of benzene rings is 1. The molecule has 0 spiro atoms. The molecule has 0 aliphatic rings. The summed E-state index contributed by atoms with van der Waals surface area (Å²) < 4.78 is 0.457. The summed E-state index contributed by atoms with van der Waals surface area (Å²) in [5.74, 6) is -1.38. The number of carbonyl (C=O) groups excluding carboxylic acids is 1. The van der Waals surface area contributed by atoms with Crippen LogP contribution in [0.15, 0.2) is 18.2 Å². The number of carboxylic acid groups (broad SMARTS) is 1. The van der Waals surface area contributed by atoms with E-state index < -0.39 is 10.9 Å². The number of nitro groups is 1. The molecule has 1 heterocycles. The van der Waals surface area contributed by atoms with Crippen molar-refractivity contribution in [2.24, 2.45) is 0 Å². The molecule has 2 rings (SSSR count). The molecule has 0 amide bonds. The second-order valence-corrected chi connectivity index (χ2v) is 4.40. The first-order chi connectivity index (χ1) is 7.50. The first-order valence-corrected chi connectivity index (χ1v) is 5.28. The second-order valence-electron chi connectivity index (χ2n) is 2.97. The van der Waals surface area contributed by atoms with E-state index in [4.69, 9.17) is 11.6 Å². The molecule has 0 fully saturated rings. The van der Waals surface area contributed by atoms with Crippen molar-refractivity contribution in [2.45, 2.75) is 0 Å². The zero-order valence-corrected chi connectivity index (χ0v) is 9.17. The summed E-state index contributed by atoms with van der Waals surface area (Å²) in [7, 11) is 0. The van der Waals surface area contributed by atoms with E-state index in [2.05, 4.69) is 0 Å². The summed E-state index contributed by atoms with van der Waals surface area (Å²) in [6.07, 6.45) is 0. The molecule has 0 atom stereocenters. The van der Waals surface area contributed by atoms with Crippen LogP contribution in [0, 0.1) is 10.1 Å². The molecule has 0 aliphatic heterocycles. The van der Waals surface area contributed by atoms with Gasteiger partial charge in [0.25, 0.3) is 5.69 Å². The van der Waals surface area contributed by atoms with Gasteiger partial charge in [-0.15, -0.1) is 11.3 Å². The highest BCUT2D eigenvalue weighted by atomic mass is 35.5. The van der Waals surface area contributed by atoms with Gasteiger partial charge in [0.15, 0.2) is 0 Å². The van der Waals surface area contributed by atoms with Gasteiger partial charge in [-0.25, -0.2) is 0 Å². The minimum Gasteiger partial charge on any atom is -0.544 e. The van der Waals surface area contributed by atoms with Gasteiger partial charge >= 0.3 is 0 Å². The monoisotopic (exact) mass is 256 g/mol. The molecule has 0 saturated carbocycles. The minimum atomic E-state index is -1.38. The molecule has 7 heteroatoms. The van der Waals surface area contributed by atoms with Crippen LogP contribution in [0.1, 0.15) is 9.67 Å². The van der Waals surface area contributed by atoms with Crippen LogP contribution in [0.25, 0.3) is 10.1 Å². The van der Waals surface area contributed by atoms with Gasteiger partial charge in [-0.2, -0.15) is 0 Å². The van der Waals surface area contributed by atoms with E-state index in [1.807, 2.05) is 0 Å². The molecule has 16 heavy (non-hydrogen) atoms. The number of non-ortho nitro benzene ring substituents is 1. The maximum atomic E-state index is 10.7. The molecule has 5 nitrogen and oxygen atoms in total. The lowest BCUT2D eigenvalue weighted by molar-refractivity contribution is -0.384. The molecule has 0 N–H and O–H groups in total. The van der Waals surface area contributed by atoms with Gasteiger partial charge in [0.2, 0.25) is 0 Å². The van der Waals surface area contributed by atoms with Crippen LogP contribution in [-0.2, 0) is 0 Å². The fourth-order valence-electron chi connectivity index (χ4n) is 1.30. The Balaban J connectivity index is 2.72. The molecule has 0 radical (unpaired) electrons. The summed E-state index contributed by atoms with van der Waals surface area (Å²) >= 11 is 6.67. The van der Waals surface area contributed by atoms with E-state index in [9.17, 15) is 20.0 Å². The van der Waals surface area contributed by atoms with Crippen LogP contribution < -0.4 is 5.11 Å². The number of nitro benzene ring substituents is 1. The van der Waals surface area contributed by atoms with Gasteiger partial charge in [-0.05, 0) is 6.07 Å². The molecule has 0 aliphatic carbocycles. The van der Waals surface area contributed by atoms with Crippen LogP contribution in [0.4, 0.5) is 5.69 Å². The Kier molecular flexibility index (Phi) is 2.53. The smallest absolute Gasteiger partial charge is 0.270 e. The van der Waals surface area contributed by atoms with E-state index in [0.29, 0.717) is 10.1 Å². The molecular weight excluding hydrogens is 254 g/mol. The average molecular weight is 257 g/mol. The van der Waals surface area contributed by atoms with Crippen LogP contribution in [0.2, 0.25) is 5.02 Å². The molecule has 82 valence electrons. The Morgan fingerprint density at radius 2 is 2.12 bits per heavy atom. The van der Waals surface area contributed by atoms with Gasteiger partial charge < -0.3 is 9.90 Å². The largest absolute Gasteiger partial charge is 0.544 e. The highest BCUT2D eigenvalue weighted by Gasteiger charge is 2.14. The maximum Gasteiger partial charge on any atom is 0.270 e. The number of aromatic carboxylic acids is 1. The fourth-order valence-corrected chi connectivity index (χ4v) is 2.67. The topological polar surface area (TPSA) is 83.3 Å². The van der Waals surface area contributed by atoms with Crippen LogP contribution in [-0.4, -0.2) is 10.9 Å². The second kappa shape index (κ2) is 3.73. The molecule has 0 unspecified atom stereocenters. The third kappa shape index (κ3) is 1.62. The quantitative estimate of drug-likeness (QED) is 0.606. The Morgan fingerprint density at radius 3 is 2.69 bits per heavy atom. The fraction of sp³-hybridized carbons (Fsp3) is 0. The number of fused-ring (bicyclic) bond motifs is 1. The Morgan fingerprint density at radius 1 is 1.44 bits per heavy atom. The molecule has 1 aromatic heterocycles. The zero-order valence-electron chi connectivity index (χ0n) is 7.60. The van der Waals surface area contributed by atoms with E-state index in [1.165, 1.54) is 18.2 Å². The third-order valence-corrected chi connectivity index (χ3v) is 3.65. The molecule has 2 aromatic rings. The average Bonchev–Trinajstić information content (AvgIpc) is 2.55. The van der Waals surface area contributed by atoms with Crippen molar-refractivity contribution in [1.82, 2.24) is 0 Å². The highest BCUT2D eigenvalue weighted by molar-refractivity contribution is 7.21. The van der Waals surface area contributed by atoms with Crippen molar-refractivity contribution >= 4 is 44.7 Å². The van der Waals surface area contributed by atoms with Gasteiger partial charge in [0.05, 0.1) is 20.8 Å². The number of hydrogen-bond acceptors (Lipinski definition) is 5. The van der Waals surface area contributed by atoms with Crippen molar-refractivity contribution in [2.75, 3.05) is 0 Å². The van der Waals surface area contributed by atoms with Gasteiger partial charge in [-0.1, -0.05) is 11.6 Å². The van der Waals surface area contributed by atoms with Crippen molar-refractivity contribution in [3.63, 3.8) is 0 Å². The van der Waals surface area contributed by atoms with Crippen LogP contribution >= 0.6 is 22.9 Å². The van der Waals surface area contributed by atoms with Crippen molar-refractivity contribution in [1.29, 1.82) is 0 Å². The number of halogens is 1. The lowest BCUT2D eigenvalue weighted by Crippen LogP contribution is -2.21. The molecule has 0 bridgehead atoms. The van der Waals surface area contributed by atoms with E-state index in [0.717, 1.165) is 11.3 Å². The van der Waals surface area contributed by atoms with E-state index >= 15 is 0 Å². The molecular formula is C9H3ClNO4S-. The lowest BCUT2D eigenvalue weighted by atomic mass is 10.2. The molecule has 0 saturated heterocycles. The number of carbonyl (C=O) groups is 1. The first kappa shape index (κ1) is 10.8. The maximum absolute atomic E-state index is 10.7. The zero-order chi connectivity index (χ0) is 11.9. The number of thiophene rings is 1. The van der Waals surface area contributed by atoms with Crippen LogP contribution in [0.3, 0.4) is 0 Å². The summed E-state index contributed by atoms with van der Waals surface area (Å²) in [6, 6.07) is 4.00. The van der Waals surface area contributed by atoms with Crippen molar-refractivity contribution < 1.29 is 14.8 Å². The van der Waals surface area contributed by atoms with Crippen molar-refractivity contribution in [3.8, 4) is 0 Å². The Bertz CT molecular complexity index is 607. The summed E-state index contributed by atoms with van der Waals surface area (Å²) in [5, 5.41) is 21.8. The highest BCUT2D eigenvalue weighted by Crippen LogP contribution is 2.36. The van der Waals surface area contributed by atoms with E-state index in [-0.39, 0.29) is 15.6 Å². The summed E-state index contributed by atoms with van der Waals surface area (Å²) in [4.78, 5) is 20.5.